The topological polar surface area (TPSA) is 58.6 Å². The molecule has 0 unspecified atom stereocenters. The summed E-state index contributed by atoms with van der Waals surface area (Å²) in [6, 6.07) is 15.9. The number of hydrogen-bond acceptors (Lipinski definition) is 3. The molecule has 2 aromatic rings. The van der Waals surface area contributed by atoms with Gasteiger partial charge in [-0.05, 0) is 36.1 Å². The van der Waals surface area contributed by atoms with Crippen molar-refractivity contribution in [2.75, 3.05) is 13.2 Å². The first-order chi connectivity index (χ1) is 13.9. The SMILES string of the molecule is CC[C@@H](C(=O)NCC(C)C)N(Cc1ccccc1Cl)C(=O)COc1ccccc1. The van der Waals surface area contributed by atoms with Gasteiger partial charge in [-0.3, -0.25) is 9.59 Å². The van der Waals surface area contributed by atoms with E-state index in [0.717, 1.165) is 5.56 Å². The second kappa shape index (κ2) is 11.5. The summed E-state index contributed by atoms with van der Waals surface area (Å²) in [6.07, 6.45) is 0.492. The Morgan fingerprint density at radius 2 is 1.72 bits per heavy atom. The molecule has 156 valence electrons. The summed E-state index contributed by atoms with van der Waals surface area (Å²) in [7, 11) is 0. The summed E-state index contributed by atoms with van der Waals surface area (Å²) in [5.41, 5.74) is 0.789. The van der Waals surface area contributed by atoms with Gasteiger partial charge in [0.1, 0.15) is 11.8 Å². The van der Waals surface area contributed by atoms with Crippen LogP contribution in [0.2, 0.25) is 5.02 Å². The third kappa shape index (κ3) is 7.09. The van der Waals surface area contributed by atoms with Crippen molar-refractivity contribution in [3.63, 3.8) is 0 Å². The Bertz CT molecular complexity index is 796. The highest BCUT2D eigenvalue weighted by molar-refractivity contribution is 6.31. The van der Waals surface area contributed by atoms with Gasteiger partial charge < -0.3 is 15.0 Å². The molecule has 0 saturated heterocycles. The van der Waals surface area contributed by atoms with Gasteiger partial charge in [-0.1, -0.05) is 68.8 Å². The number of carbonyl (C=O) groups is 2. The minimum absolute atomic E-state index is 0.150. The molecule has 0 spiro atoms. The summed E-state index contributed by atoms with van der Waals surface area (Å²) >= 11 is 6.31. The van der Waals surface area contributed by atoms with Gasteiger partial charge in [0, 0.05) is 18.1 Å². The summed E-state index contributed by atoms with van der Waals surface area (Å²) in [5.74, 6) is 0.503. The van der Waals surface area contributed by atoms with Crippen LogP contribution in [-0.4, -0.2) is 35.9 Å². The minimum atomic E-state index is -0.600. The van der Waals surface area contributed by atoms with E-state index < -0.39 is 6.04 Å². The van der Waals surface area contributed by atoms with Crippen LogP contribution in [0.25, 0.3) is 0 Å². The number of amides is 2. The molecule has 0 saturated carbocycles. The minimum Gasteiger partial charge on any atom is -0.484 e. The molecule has 0 bridgehead atoms. The van der Waals surface area contributed by atoms with E-state index in [9.17, 15) is 9.59 Å². The fourth-order valence-corrected chi connectivity index (χ4v) is 3.09. The Morgan fingerprint density at radius 3 is 2.34 bits per heavy atom. The molecule has 0 heterocycles. The Balaban J connectivity index is 2.19. The highest BCUT2D eigenvalue weighted by Crippen LogP contribution is 2.20. The monoisotopic (exact) mass is 416 g/mol. The fraction of sp³-hybridized carbons (Fsp3) is 0.391. The van der Waals surface area contributed by atoms with Crippen molar-refractivity contribution in [3.05, 3.63) is 65.2 Å². The van der Waals surface area contributed by atoms with E-state index >= 15 is 0 Å². The molecular weight excluding hydrogens is 388 g/mol. The molecule has 29 heavy (non-hydrogen) atoms. The molecule has 0 aromatic heterocycles. The molecule has 6 heteroatoms. The predicted molar refractivity (Wildman–Crippen MR) is 116 cm³/mol. The van der Waals surface area contributed by atoms with Crippen LogP contribution in [0.4, 0.5) is 0 Å². The van der Waals surface area contributed by atoms with Crippen molar-refractivity contribution >= 4 is 23.4 Å². The van der Waals surface area contributed by atoms with Crippen molar-refractivity contribution < 1.29 is 14.3 Å². The summed E-state index contributed by atoms with van der Waals surface area (Å²) in [5, 5.41) is 3.50. The van der Waals surface area contributed by atoms with E-state index in [2.05, 4.69) is 5.32 Å². The van der Waals surface area contributed by atoms with E-state index in [1.165, 1.54) is 0 Å². The zero-order valence-electron chi connectivity index (χ0n) is 17.2. The predicted octanol–water partition coefficient (Wildman–Crippen LogP) is 4.30. The lowest BCUT2D eigenvalue weighted by molar-refractivity contribution is -0.143. The molecule has 0 fully saturated rings. The highest BCUT2D eigenvalue weighted by Gasteiger charge is 2.29. The van der Waals surface area contributed by atoms with Gasteiger partial charge in [-0.2, -0.15) is 0 Å². The number of nitrogens with one attached hydrogen (secondary N) is 1. The Morgan fingerprint density at radius 1 is 1.07 bits per heavy atom. The smallest absolute Gasteiger partial charge is 0.261 e. The lowest BCUT2D eigenvalue weighted by Gasteiger charge is -2.31. The number of rotatable bonds is 10. The molecule has 0 radical (unpaired) electrons. The maximum atomic E-state index is 13.1. The van der Waals surface area contributed by atoms with Crippen LogP contribution in [0, 0.1) is 5.92 Å². The molecule has 1 N–H and O–H groups in total. The lowest BCUT2D eigenvalue weighted by atomic mass is 10.1. The van der Waals surface area contributed by atoms with Crippen LogP contribution in [0.5, 0.6) is 5.75 Å². The molecule has 2 rings (SSSR count). The summed E-state index contributed by atoms with van der Waals surface area (Å²) in [6.45, 7) is 6.60. The normalized spacial score (nSPS) is 11.8. The molecule has 1 atom stereocenters. The number of nitrogens with zero attached hydrogens (tertiary/aromatic N) is 1. The van der Waals surface area contributed by atoms with Crippen molar-refractivity contribution in [1.82, 2.24) is 10.2 Å². The molecule has 0 aliphatic rings. The average molecular weight is 417 g/mol. The van der Waals surface area contributed by atoms with E-state index in [4.69, 9.17) is 16.3 Å². The van der Waals surface area contributed by atoms with Crippen molar-refractivity contribution in [1.29, 1.82) is 0 Å². The number of halogens is 1. The van der Waals surface area contributed by atoms with E-state index in [1.807, 2.05) is 57.2 Å². The van der Waals surface area contributed by atoms with Crippen molar-refractivity contribution in [3.8, 4) is 5.75 Å². The van der Waals surface area contributed by atoms with Gasteiger partial charge in [0.05, 0.1) is 0 Å². The van der Waals surface area contributed by atoms with Gasteiger partial charge in [0.2, 0.25) is 5.91 Å². The number of hydrogen-bond donors (Lipinski definition) is 1. The van der Waals surface area contributed by atoms with Crippen LogP contribution in [0.15, 0.2) is 54.6 Å². The summed E-state index contributed by atoms with van der Waals surface area (Å²) in [4.78, 5) is 27.4. The first kappa shape index (κ1) is 22.8. The second-order valence-electron chi connectivity index (χ2n) is 7.28. The van der Waals surface area contributed by atoms with E-state index in [1.54, 1.807) is 23.1 Å². The molecular formula is C23H29ClN2O3. The maximum Gasteiger partial charge on any atom is 0.261 e. The van der Waals surface area contributed by atoms with Crippen LogP contribution in [0.1, 0.15) is 32.8 Å². The lowest BCUT2D eigenvalue weighted by Crippen LogP contribution is -2.50. The zero-order chi connectivity index (χ0) is 21.2. The Hall–Kier alpha value is -2.53. The van der Waals surface area contributed by atoms with Gasteiger partial charge in [0.25, 0.3) is 5.91 Å². The molecule has 2 aromatic carbocycles. The third-order valence-electron chi connectivity index (χ3n) is 4.47. The number of ether oxygens (including phenoxy) is 1. The first-order valence-corrected chi connectivity index (χ1v) is 10.3. The fourth-order valence-electron chi connectivity index (χ4n) is 2.90. The number of benzene rings is 2. The Labute approximate surface area is 178 Å². The largest absolute Gasteiger partial charge is 0.484 e. The molecule has 5 nitrogen and oxygen atoms in total. The van der Waals surface area contributed by atoms with Gasteiger partial charge >= 0.3 is 0 Å². The maximum absolute atomic E-state index is 13.1. The quantitative estimate of drug-likeness (QED) is 0.628. The number of para-hydroxylation sites is 1. The van der Waals surface area contributed by atoms with Crippen LogP contribution >= 0.6 is 11.6 Å². The van der Waals surface area contributed by atoms with E-state index in [0.29, 0.717) is 29.7 Å². The highest BCUT2D eigenvalue weighted by atomic mass is 35.5. The molecule has 0 aliphatic carbocycles. The number of carbonyl (C=O) groups excluding carboxylic acids is 2. The van der Waals surface area contributed by atoms with Crippen LogP contribution in [-0.2, 0) is 16.1 Å². The van der Waals surface area contributed by atoms with Crippen LogP contribution in [0.3, 0.4) is 0 Å². The van der Waals surface area contributed by atoms with Gasteiger partial charge in [-0.25, -0.2) is 0 Å². The van der Waals surface area contributed by atoms with Crippen molar-refractivity contribution in [2.24, 2.45) is 5.92 Å². The average Bonchev–Trinajstić information content (AvgIpc) is 2.72. The van der Waals surface area contributed by atoms with Crippen molar-refractivity contribution in [2.45, 2.75) is 39.8 Å². The zero-order valence-corrected chi connectivity index (χ0v) is 18.0. The third-order valence-corrected chi connectivity index (χ3v) is 4.84. The first-order valence-electron chi connectivity index (χ1n) is 9.90. The summed E-state index contributed by atoms with van der Waals surface area (Å²) < 4.78 is 5.63. The van der Waals surface area contributed by atoms with E-state index in [-0.39, 0.29) is 25.0 Å². The van der Waals surface area contributed by atoms with Gasteiger partial charge in [-0.15, -0.1) is 0 Å². The standard InChI is InChI=1S/C23H29ClN2O3/c1-4-21(23(28)25-14-17(2)3)26(15-18-10-8-9-13-20(18)24)22(27)16-29-19-11-6-5-7-12-19/h5-13,17,21H,4,14-16H2,1-3H3,(H,25,28)/t21-/m0/s1. The van der Waals surface area contributed by atoms with Crippen LogP contribution < -0.4 is 10.1 Å². The van der Waals surface area contributed by atoms with Gasteiger partial charge in [0.15, 0.2) is 6.61 Å². The second-order valence-corrected chi connectivity index (χ2v) is 7.69. The molecule has 2 amide bonds. The molecule has 0 aliphatic heterocycles. The Kier molecular flexibility index (Phi) is 9.00.